The van der Waals surface area contributed by atoms with E-state index < -0.39 is 5.97 Å². The van der Waals surface area contributed by atoms with Crippen LogP contribution in [-0.2, 0) is 9.53 Å². The number of ether oxygens (including phenoxy) is 1. The van der Waals surface area contributed by atoms with Crippen molar-refractivity contribution in [2.24, 2.45) is 0 Å². The highest BCUT2D eigenvalue weighted by Gasteiger charge is 2.11. The van der Waals surface area contributed by atoms with Gasteiger partial charge in [0.15, 0.2) is 0 Å². The third kappa shape index (κ3) is 3.22. The van der Waals surface area contributed by atoms with E-state index >= 15 is 0 Å². The van der Waals surface area contributed by atoms with Crippen molar-refractivity contribution in [3.8, 4) is 24.1 Å². The van der Waals surface area contributed by atoms with Crippen molar-refractivity contribution in [1.29, 1.82) is 0 Å². The molecule has 0 amide bonds. The summed E-state index contributed by atoms with van der Waals surface area (Å²) in [7, 11) is 0. The van der Waals surface area contributed by atoms with Crippen LogP contribution >= 0.6 is 0 Å². The molecular formula is C10H11NO5. The third-order valence-corrected chi connectivity index (χ3v) is 1.63. The number of rotatable bonds is 5. The molecule has 0 saturated carbocycles. The fraction of sp³-hybridized carbons (Fsp3) is 0.300. The highest BCUT2D eigenvalue weighted by atomic mass is 16.7. The maximum Gasteiger partial charge on any atom is 0.335 e. The number of aromatic nitrogens is 1. The van der Waals surface area contributed by atoms with Gasteiger partial charge in [0.25, 0.3) is 0 Å². The summed E-state index contributed by atoms with van der Waals surface area (Å²) in [6, 6.07) is 2.38. The molecule has 0 spiro atoms. The molecule has 1 heterocycles. The Hall–Kier alpha value is -2.13. The van der Waals surface area contributed by atoms with Crippen LogP contribution in [0.2, 0.25) is 0 Å². The Labute approximate surface area is 92.0 Å². The van der Waals surface area contributed by atoms with E-state index in [0.717, 1.165) is 0 Å². The first-order chi connectivity index (χ1) is 7.65. The van der Waals surface area contributed by atoms with E-state index in [4.69, 9.17) is 21.4 Å². The number of hydrogen-bond donors (Lipinski definition) is 2. The van der Waals surface area contributed by atoms with Gasteiger partial charge < -0.3 is 19.8 Å². The Kier molecular flexibility index (Phi) is 4.24. The molecule has 16 heavy (non-hydrogen) atoms. The lowest BCUT2D eigenvalue weighted by molar-refractivity contribution is -0.146. The van der Waals surface area contributed by atoms with Gasteiger partial charge in [0.05, 0.1) is 13.0 Å². The molecular weight excluding hydrogens is 214 g/mol. The van der Waals surface area contributed by atoms with Gasteiger partial charge in [0.2, 0.25) is 11.8 Å². The van der Waals surface area contributed by atoms with Crippen molar-refractivity contribution in [1.82, 2.24) is 4.73 Å². The Morgan fingerprint density at radius 2 is 2.06 bits per heavy atom. The van der Waals surface area contributed by atoms with Crippen LogP contribution in [0.1, 0.15) is 6.42 Å². The minimum atomic E-state index is -0.654. The fourth-order valence-corrected chi connectivity index (χ4v) is 0.929. The van der Waals surface area contributed by atoms with Crippen LogP contribution in [-0.4, -0.2) is 34.1 Å². The molecule has 0 aliphatic rings. The van der Waals surface area contributed by atoms with E-state index in [9.17, 15) is 4.79 Å². The summed E-state index contributed by atoms with van der Waals surface area (Å²) in [5, 5.41) is 18.3. The van der Waals surface area contributed by atoms with Gasteiger partial charge >= 0.3 is 5.97 Å². The van der Waals surface area contributed by atoms with Gasteiger partial charge in [-0.2, -0.15) is 0 Å². The van der Waals surface area contributed by atoms with Crippen molar-refractivity contribution in [3.63, 3.8) is 0 Å². The fourth-order valence-electron chi connectivity index (χ4n) is 0.929. The lowest BCUT2D eigenvalue weighted by Crippen LogP contribution is -2.20. The van der Waals surface area contributed by atoms with Crippen LogP contribution in [0.25, 0.3) is 0 Å². The molecule has 0 radical (unpaired) electrons. The minimum Gasteiger partial charge on any atom is -0.492 e. The summed E-state index contributed by atoms with van der Waals surface area (Å²) in [6.07, 6.45) is 4.90. The van der Waals surface area contributed by atoms with Crippen LogP contribution in [0.5, 0.6) is 11.8 Å². The Balaban J connectivity index is 2.38. The zero-order chi connectivity index (χ0) is 12.0. The molecule has 2 N–H and O–H groups in total. The number of nitrogens with zero attached hydrogens (tertiary/aromatic N) is 1. The second kappa shape index (κ2) is 5.68. The molecule has 6 heteroatoms. The maximum atomic E-state index is 11.2. The van der Waals surface area contributed by atoms with Crippen LogP contribution < -0.4 is 4.84 Å². The van der Waals surface area contributed by atoms with E-state index in [-0.39, 0.29) is 31.4 Å². The zero-order valence-electron chi connectivity index (χ0n) is 8.42. The summed E-state index contributed by atoms with van der Waals surface area (Å²) in [4.78, 5) is 15.8. The van der Waals surface area contributed by atoms with E-state index in [1.807, 2.05) is 0 Å². The molecule has 0 atom stereocenters. The number of terminal acetylenes is 1. The minimum absolute atomic E-state index is 0.0290. The summed E-state index contributed by atoms with van der Waals surface area (Å²) in [5.74, 6) is 0.861. The van der Waals surface area contributed by atoms with Crippen LogP contribution in [0.4, 0.5) is 0 Å². The molecule has 0 unspecified atom stereocenters. The van der Waals surface area contributed by atoms with Gasteiger partial charge in [-0.25, -0.2) is 4.79 Å². The lowest BCUT2D eigenvalue weighted by atomic mass is 10.5. The molecule has 6 nitrogen and oxygen atoms in total. The molecule has 86 valence electrons. The first-order valence-electron chi connectivity index (χ1n) is 4.47. The van der Waals surface area contributed by atoms with Gasteiger partial charge in [-0.1, -0.05) is 5.92 Å². The molecule has 0 fully saturated rings. The second-order valence-electron chi connectivity index (χ2n) is 2.81. The van der Waals surface area contributed by atoms with Crippen molar-refractivity contribution in [2.75, 3.05) is 13.2 Å². The number of aromatic hydroxyl groups is 2. The summed E-state index contributed by atoms with van der Waals surface area (Å²) in [5.41, 5.74) is 0. The highest BCUT2D eigenvalue weighted by Crippen LogP contribution is 2.18. The van der Waals surface area contributed by atoms with Gasteiger partial charge in [0.1, 0.15) is 6.61 Å². The zero-order valence-corrected chi connectivity index (χ0v) is 8.42. The Morgan fingerprint density at radius 1 is 1.44 bits per heavy atom. The Morgan fingerprint density at radius 3 is 2.62 bits per heavy atom. The van der Waals surface area contributed by atoms with Crippen LogP contribution in [0.3, 0.4) is 0 Å². The monoisotopic (exact) mass is 225 g/mol. The molecule has 0 aromatic carbocycles. The highest BCUT2D eigenvalue weighted by molar-refractivity contribution is 5.70. The number of carbonyl (C=O) groups is 1. The largest absolute Gasteiger partial charge is 0.492 e. The van der Waals surface area contributed by atoms with Gasteiger partial charge in [-0.3, -0.25) is 0 Å². The summed E-state index contributed by atoms with van der Waals surface area (Å²) in [6.45, 7) is 0.235. The SMILES string of the molecule is C#CCOCCC(=O)On1c(O)ccc1O. The van der Waals surface area contributed by atoms with Crippen molar-refractivity contribution >= 4 is 5.97 Å². The van der Waals surface area contributed by atoms with Crippen LogP contribution in [0, 0.1) is 12.3 Å². The molecule has 0 aliphatic heterocycles. The summed E-state index contributed by atoms with van der Waals surface area (Å²) < 4.78 is 5.48. The predicted octanol–water partition coefficient (Wildman–Crippen LogP) is -0.106. The molecule has 0 saturated heterocycles. The number of hydrogen-bond acceptors (Lipinski definition) is 5. The molecule has 1 rings (SSSR count). The predicted molar refractivity (Wildman–Crippen MR) is 53.6 cm³/mol. The topological polar surface area (TPSA) is 80.9 Å². The quantitative estimate of drug-likeness (QED) is 0.540. The second-order valence-corrected chi connectivity index (χ2v) is 2.81. The third-order valence-electron chi connectivity index (χ3n) is 1.63. The number of carbonyl (C=O) groups excluding carboxylic acids is 1. The maximum absolute atomic E-state index is 11.2. The molecule has 1 aromatic heterocycles. The standard InChI is InChI=1S/C10H11NO5/c1-2-6-15-7-5-10(14)16-11-8(12)3-4-9(11)13/h1,3-4,12-13H,5-7H2. The average Bonchev–Trinajstić information content (AvgIpc) is 2.56. The van der Waals surface area contributed by atoms with E-state index in [0.29, 0.717) is 4.73 Å². The lowest BCUT2D eigenvalue weighted by Gasteiger charge is -2.06. The molecule has 1 aromatic rings. The first kappa shape index (κ1) is 11.9. The van der Waals surface area contributed by atoms with Gasteiger partial charge in [0, 0.05) is 12.1 Å². The smallest absolute Gasteiger partial charge is 0.335 e. The average molecular weight is 225 g/mol. The van der Waals surface area contributed by atoms with Crippen LogP contribution in [0.15, 0.2) is 12.1 Å². The normalized spacial score (nSPS) is 9.69. The molecule has 0 bridgehead atoms. The van der Waals surface area contributed by atoms with Crippen molar-refractivity contribution in [2.45, 2.75) is 6.42 Å². The van der Waals surface area contributed by atoms with E-state index in [2.05, 4.69) is 10.8 Å². The van der Waals surface area contributed by atoms with Crippen molar-refractivity contribution in [3.05, 3.63) is 12.1 Å². The van der Waals surface area contributed by atoms with E-state index in [1.54, 1.807) is 0 Å². The Bertz CT molecular complexity index is 384. The first-order valence-corrected chi connectivity index (χ1v) is 4.47. The summed E-state index contributed by atoms with van der Waals surface area (Å²) >= 11 is 0. The van der Waals surface area contributed by atoms with Gasteiger partial charge in [-0.15, -0.1) is 11.2 Å². The molecule has 0 aliphatic carbocycles. The van der Waals surface area contributed by atoms with Gasteiger partial charge in [-0.05, 0) is 0 Å². The van der Waals surface area contributed by atoms with E-state index in [1.165, 1.54) is 12.1 Å². The van der Waals surface area contributed by atoms with Crippen molar-refractivity contribution < 1.29 is 24.6 Å².